The third kappa shape index (κ3) is 3.58. The average Bonchev–Trinajstić information content (AvgIpc) is 3.03. The normalized spacial score (nSPS) is 22.4. The quantitative estimate of drug-likeness (QED) is 0.808. The molecule has 2 atom stereocenters. The van der Waals surface area contributed by atoms with Crippen LogP contribution >= 0.6 is 11.3 Å². The Morgan fingerprint density at radius 3 is 2.85 bits per heavy atom. The van der Waals surface area contributed by atoms with E-state index in [1.54, 1.807) is 10.4 Å². The molecule has 3 aliphatic heterocycles. The second-order valence-corrected chi connectivity index (χ2v) is 7.49. The molecule has 0 saturated carbocycles. The summed E-state index contributed by atoms with van der Waals surface area (Å²) in [6.45, 7) is 1.60. The zero-order valence-corrected chi connectivity index (χ0v) is 15.2. The molecule has 0 spiro atoms. The molecule has 0 N–H and O–H groups in total. The standard InChI is InChI=1S/C19H21N3O3S/c23-18(11-25-17-4-2-1-3-5-17)21-8-14-6-7-16(10-21)22(19(14)24)9-15-12-26-13-20-15/h1-5,12-14,16H,6-11H2/t14-,16+/m0/s1. The summed E-state index contributed by atoms with van der Waals surface area (Å²) in [6, 6.07) is 9.38. The smallest absolute Gasteiger partial charge is 0.260 e. The molecule has 136 valence electrons. The fraction of sp³-hybridized carbons (Fsp3) is 0.421. The molecule has 6 nitrogen and oxygen atoms in total. The molecule has 4 heterocycles. The van der Waals surface area contributed by atoms with Gasteiger partial charge in [-0.05, 0) is 25.0 Å². The molecule has 3 fully saturated rings. The number of carbonyl (C=O) groups excluding carboxylic acids is 2. The highest BCUT2D eigenvalue weighted by Crippen LogP contribution is 2.30. The lowest BCUT2D eigenvalue weighted by Gasteiger charge is -2.35. The molecule has 7 heteroatoms. The summed E-state index contributed by atoms with van der Waals surface area (Å²) in [5.41, 5.74) is 2.70. The number of fused-ring (bicyclic) bond motifs is 4. The number of benzene rings is 1. The number of amides is 2. The molecule has 2 bridgehead atoms. The lowest BCUT2D eigenvalue weighted by molar-refractivity contribution is -0.140. The summed E-state index contributed by atoms with van der Waals surface area (Å²) in [5, 5.41) is 1.97. The highest BCUT2D eigenvalue weighted by atomic mass is 32.1. The van der Waals surface area contributed by atoms with Crippen molar-refractivity contribution in [2.45, 2.75) is 25.4 Å². The number of ether oxygens (including phenoxy) is 1. The van der Waals surface area contributed by atoms with Crippen LogP contribution in [0.4, 0.5) is 0 Å². The summed E-state index contributed by atoms with van der Waals surface area (Å²) in [6.07, 6.45) is 1.78. The predicted molar refractivity (Wildman–Crippen MR) is 97.7 cm³/mol. The second kappa shape index (κ2) is 7.45. The van der Waals surface area contributed by atoms with Gasteiger partial charge < -0.3 is 14.5 Å². The van der Waals surface area contributed by atoms with Crippen LogP contribution < -0.4 is 4.74 Å². The summed E-state index contributed by atoms with van der Waals surface area (Å²) in [4.78, 5) is 33.5. The number of rotatable bonds is 5. The number of carbonyl (C=O) groups is 2. The number of piperidine rings is 1. The van der Waals surface area contributed by atoms with Crippen molar-refractivity contribution in [1.29, 1.82) is 0 Å². The summed E-state index contributed by atoms with van der Waals surface area (Å²) in [7, 11) is 0. The summed E-state index contributed by atoms with van der Waals surface area (Å²) >= 11 is 1.53. The van der Waals surface area contributed by atoms with Gasteiger partial charge in [-0.1, -0.05) is 18.2 Å². The van der Waals surface area contributed by atoms with Gasteiger partial charge in [-0.15, -0.1) is 11.3 Å². The first kappa shape index (κ1) is 17.0. The third-order valence-electron chi connectivity index (χ3n) is 5.07. The zero-order chi connectivity index (χ0) is 17.9. The van der Waals surface area contributed by atoms with E-state index in [-0.39, 0.29) is 30.4 Å². The molecule has 1 aromatic heterocycles. The van der Waals surface area contributed by atoms with Gasteiger partial charge in [0, 0.05) is 24.5 Å². The maximum atomic E-state index is 12.8. The fourth-order valence-corrected chi connectivity index (χ4v) is 4.24. The monoisotopic (exact) mass is 371 g/mol. The molecule has 0 aliphatic carbocycles. The fourth-order valence-electron chi connectivity index (χ4n) is 3.70. The Labute approximate surface area is 156 Å². The Morgan fingerprint density at radius 1 is 1.23 bits per heavy atom. The minimum absolute atomic E-state index is 0.00370. The highest BCUT2D eigenvalue weighted by Gasteiger charge is 2.41. The van der Waals surface area contributed by atoms with Crippen LogP contribution in [0, 0.1) is 5.92 Å². The van der Waals surface area contributed by atoms with Crippen molar-refractivity contribution in [2.75, 3.05) is 19.7 Å². The van der Waals surface area contributed by atoms with Crippen molar-refractivity contribution in [3.63, 3.8) is 0 Å². The highest BCUT2D eigenvalue weighted by molar-refractivity contribution is 7.07. The average molecular weight is 371 g/mol. The number of hydrogen-bond donors (Lipinski definition) is 0. The molecule has 26 heavy (non-hydrogen) atoms. The first-order valence-electron chi connectivity index (χ1n) is 8.84. The maximum absolute atomic E-state index is 12.8. The number of para-hydroxylation sites is 1. The first-order chi connectivity index (χ1) is 12.7. The van der Waals surface area contributed by atoms with Gasteiger partial charge in [0.05, 0.1) is 23.7 Å². The van der Waals surface area contributed by atoms with E-state index in [1.165, 1.54) is 11.3 Å². The van der Waals surface area contributed by atoms with E-state index < -0.39 is 0 Å². The van der Waals surface area contributed by atoms with E-state index in [9.17, 15) is 9.59 Å². The van der Waals surface area contributed by atoms with Crippen molar-refractivity contribution in [3.05, 3.63) is 46.9 Å². The van der Waals surface area contributed by atoms with Crippen LogP contribution in [0.1, 0.15) is 18.5 Å². The number of thiazole rings is 1. The minimum atomic E-state index is -0.118. The molecular weight excluding hydrogens is 350 g/mol. The molecule has 0 unspecified atom stereocenters. The van der Waals surface area contributed by atoms with Gasteiger partial charge in [-0.3, -0.25) is 9.59 Å². The van der Waals surface area contributed by atoms with Crippen LogP contribution in [0.15, 0.2) is 41.2 Å². The molecule has 1 aromatic carbocycles. The minimum Gasteiger partial charge on any atom is -0.484 e. The summed E-state index contributed by atoms with van der Waals surface area (Å²) < 4.78 is 5.59. The molecule has 3 saturated heterocycles. The Kier molecular flexibility index (Phi) is 4.88. The molecule has 2 amide bonds. The van der Waals surface area contributed by atoms with E-state index in [0.717, 1.165) is 18.5 Å². The van der Waals surface area contributed by atoms with E-state index >= 15 is 0 Å². The van der Waals surface area contributed by atoms with Gasteiger partial charge in [-0.25, -0.2) is 4.98 Å². The lowest BCUT2D eigenvalue weighted by Crippen LogP contribution is -2.47. The van der Waals surface area contributed by atoms with Crippen molar-refractivity contribution in [2.24, 2.45) is 5.92 Å². The Morgan fingerprint density at radius 2 is 2.08 bits per heavy atom. The molecule has 0 radical (unpaired) electrons. The van der Waals surface area contributed by atoms with E-state index in [4.69, 9.17) is 4.74 Å². The Hall–Kier alpha value is -2.41. The summed E-state index contributed by atoms with van der Waals surface area (Å²) in [5.74, 6) is 0.649. The van der Waals surface area contributed by atoms with E-state index in [0.29, 0.717) is 25.4 Å². The molecule has 5 rings (SSSR count). The number of aromatic nitrogens is 1. The molecule has 2 aromatic rings. The topological polar surface area (TPSA) is 62.7 Å². The van der Waals surface area contributed by atoms with E-state index in [2.05, 4.69) is 4.98 Å². The zero-order valence-electron chi connectivity index (χ0n) is 14.4. The van der Waals surface area contributed by atoms with Crippen LogP contribution in [-0.4, -0.2) is 52.3 Å². The lowest BCUT2D eigenvalue weighted by atomic mass is 9.94. The van der Waals surface area contributed by atoms with Crippen molar-refractivity contribution < 1.29 is 14.3 Å². The predicted octanol–water partition coefficient (Wildman–Crippen LogP) is 2.17. The first-order valence-corrected chi connectivity index (χ1v) is 9.78. The van der Waals surface area contributed by atoms with Crippen molar-refractivity contribution >= 4 is 23.2 Å². The van der Waals surface area contributed by atoms with Crippen molar-refractivity contribution in [1.82, 2.24) is 14.8 Å². The van der Waals surface area contributed by atoms with Gasteiger partial charge in [0.2, 0.25) is 5.91 Å². The van der Waals surface area contributed by atoms with Crippen LogP contribution in [0.3, 0.4) is 0 Å². The number of hydrogen-bond acceptors (Lipinski definition) is 5. The van der Waals surface area contributed by atoms with Gasteiger partial charge in [0.15, 0.2) is 6.61 Å². The molecular formula is C19H21N3O3S. The maximum Gasteiger partial charge on any atom is 0.260 e. The number of nitrogens with zero attached hydrogens (tertiary/aromatic N) is 3. The van der Waals surface area contributed by atoms with Gasteiger partial charge in [0.1, 0.15) is 5.75 Å². The van der Waals surface area contributed by atoms with Crippen LogP contribution in [0.2, 0.25) is 0 Å². The third-order valence-corrected chi connectivity index (χ3v) is 5.70. The van der Waals surface area contributed by atoms with Crippen LogP contribution in [-0.2, 0) is 16.1 Å². The van der Waals surface area contributed by atoms with Gasteiger partial charge in [0.25, 0.3) is 5.91 Å². The Balaban J connectivity index is 1.42. The van der Waals surface area contributed by atoms with Gasteiger partial charge in [-0.2, -0.15) is 0 Å². The second-order valence-electron chi connectivity index (χ2n) is 6.77. The Bertz CT molecular complexity index is 766. The van der Waals surface area contributed by atoms with Crippen LogP contribution in [0.5, 0.6) is 5.75 Å². The SMILES string of the molecule is O=C(COc1ccccc1)N1C[C@@H]2CC[C@H](C1)N(Cc1cscn1)C2=O. The van der Waals surface area contributed by atoms with Gasteiger partial charge >= 0.3 is 0 Å². The molecule has 3 aliphatic rings. The largest absolute Gasteiger partial charge is 0.484 e. The van der Waals surface area contributed by atoms with Crippen molar-refractivity contribution in [3.8, 4) is 5.75 Å². The van der Waals surface area contributed by atoms with Crippen LogP contribution in [0.25, 0.3) is 0 Å². The van der Waals surface area contributed by atoms with E-state index in [1.807, 2.05) is 40.6 Å².